The second-order valence-corrected chi connectivity index (χ2v) is 4.31. The number of thiol groups is 1. The predicted octanol–water partition coefficient (Wildman–Crippen LogP) is 0.539. The SMILES string of the molecule is CC(C)(C)CCN[SH](=O)=O. The largest absolute Gasteiger partial charge is 0.218 e. The molecule has 0 rings (SSSR count). The van der Waals surface area contributed by atoms with E-state index in [9.17, 15) is 8.42 Å². The van der Waals surface area contributed by atoms with Gasteiger partial charge in [0.1, 0.15) is 0 Å². The molecule has 0 bridgehead atoms. The molecule has 10 heavy (non-hydrogen) atoms. The summed E-state index contributed by atoms with van der Waals surface area (Å²) in [7, 11) is -2.40. The number of nitrogens with one attached hydrogen (secondary N) is 1. The molecule has 0 aromatic rings. The van der Waals surface area contributed by atoms with Gasteiger partial charge in [0.15, 0.2) is 0 Å². The topological polar surface area (TPSA) is 46.2 Å². The van der Waals surface area contributed by atoms with Gasteiger partial charge in [0.2, 0.25) is 10.9 Å². The van der Waals surface area contributed by atoms with E-state index in [1.165, 1.54) is 0 Å². The Balaban J connectivity index is 3.38. The third kappa shape index (κ3) is 7.91. The van der Waals surface area contributed by atoms with Crippen molar-refractivity contribution < 1.29 is 8.42 Å². The zero-order valence-electron chi connectivity index (χ0n) is 6.68. The summed E-state index contributed by atoms with van der Waals surface area (Å²) in [6.45, 7) is 6.77. The van der Waals surface area contributed by atoms with Crippen molar-refractivity contribution in [2.45, 2.75) is 27.2 Å². The second-order valence-electron chi connectivity index (χ2n) is 3.48. The second kappa shape index (κ2) is 3.93. The van der Waals surface area contributed by atoms with E-state index in [1.54, 1.807) is 0 Å². The molecule has 0 amide bonds. The Morgan fingerprint density at radius 2 is 1.80 bits per heavy atom. The highest BCUT2D eigenvalue weighted by atomic mass is 32.2. The van der Waals surface area contributed by atoms with Crippen LogP contribution in [0.4, 0.5) is 0 Å². The number of hydrogen-bond acceptors (Lipinski definition) is 2. The van der Waals surface area contributed by atoms with Crippen LogP contribution >= 0.6 is 0 Å². The van der Waals surface area contributed by atoms with Gasteiger partial charge < -0.3 is 0 Å². The van der Waals surface area contributed by atoms with E-state index in [0.29, 0.717) is 6.54 Å². The van der Waals surface area contributed by atoms with Crippen LogP contribution < -0.4 is 4.72 Å². The zero-order chi connectivity index (χ0) is 8.20. The summed E-state index contributed by atoms with van der Waals surface area (Å²) >= 11 is 0. The van der Waals surface area contributed by atoms with Crippen molar-refractivity contribution in [1.29, 1.82) is 0 Å². The van der Waals surface area contributed by atoms with Crippen molar-refractivity contribution in [3.05, 3.63) is 0 Å². The fraction of sp³-hybridized carbons (Fsp3) is 1.00. The summed E-state index contributed by atoms with van der Waals surface area (Å²) in [4.78, 5) is 0. The summed E-state index contributed by atoms with van der Waals surface area (Å²) in [6.07, 6.45) is 0.871. The minimum atomic E-state index is -2.40. The molecule has 0 saturated heterocycles. The molecular formula is C6H15NO2S. The van der Waals surface area contributed by atoms with E-state index in [-0.39, 0.29) is 5.41 Å². The highest BCUT2D eigenvalue weighted by molar-refractivity contribution is 7.70. The molecular weight excluding hydrogens is 150 g/mol. The van der Waals surface area contributed by atoms with Crippen molar-refractivity contribution in [2.24, 2.45) is 5.41 Å². The van der Waals surface area contributed by atoms with Gasteiger partial charge in [-0.3, -0.25) is 0 Å². The predicted molar refractivity (Wildman–Crippen MR) is 42.4 cm³/mol. The van der Waals surface area contributed by atoms with Crippen LogP contribution in [-0.2, 0) is 10.9 Å². The number of rotatable bonds is 3. The number of hydrogen-bond donors (Lipinski definition) is 2. The summed E-state index contributed by atoms with van der Waals surface area (Å²) < 4.78 is 22.4. The van der Waals surface area contributed by atoms with Gasteiger partial charge in [0.05, 0.1) is 0 Å². The summed E-state index contributed by atoms with van der Waals surface area (Å²) in [6, 6.07) is 0. The molecule has 0 aromatic heterocycles. The zero-order valence-corrected chi connectivity index (χ0v) is 7.57. The van der Waals surface area contributed by atoms with Crippen LogP contribution in [-0.4, -0.2) is 15.0 Å². The molecule has 0 unspecified atom stereocenters. The van der Waals surface area contributed by atoms with Gasteiger partial charge in [-0.2, -0.15) is 0 Å². The molecule has 0 aromatic carbocycles. The van der Waals surface area contributed by atoms with Crippen molar-refractivity contribution in [3.63, 3.8) is 0 Å². The molecule has 0 heterocycles. The highest BCUT2D eigenvalue weighted by Crippen LogP contribution is 2.16. The molecule has 0 spiro atoms. The standard InChI is InChI=1S/C6H15NO2S/c1-6(2,3)4-5-7-10(8)9/h10H,4-5H2,1-3H3,(H,7,8,9). The van der Waals surface area contributed by atoms with Crippen molar-refractivity contribution >= 4 is 10.9 Å². The fourth-order valence-electron chi connectivity index (χ4n) is 0.522. The van der Waals surface area contributed by atoms with E-state index < -0.39 is 10.9 Å². The summed E-state index contributed by atoms with van der Waals surface area (Å²) in [5.74, 6) is 0. The lowest BCUT2D eigenvalue weighted by atomic mass is 9.93. The molecule has 4 heteroatoms. The molecule has 0 aliphatic heterocycles. The monoisotopic (exact) mass is 165 g/mol. The maximum Gasteiger partial charge on any atom is 0.201 e. The van der Waals surface area contributed by atoms with Crippen LogP contribution in [0.15, 0.2) is 0 Å². The van der Waals surface area contributed by atoms with E-state index in [0.717, 1.165) is 6.42 Å². The molecule has 0 aliphatic rings. The van der Waals surface area contributed by atoms with E-state index in [4.69, 9.17) is 0 Å². The van der Waals surface area contributed by atoms with E-state index in [2.05, 4.69) is 25.5 Å². The molecule has 3 nitrogen and oxygen atoms in total. The average molecular weight is 165 g/mol. The normalized spacial score (nSPS) is 12.4. The Morgan fingerprint density at radius 1 is 1.30 bits per heavy atom. The molecule has 0 fully saturated rings. The van der Waals surface area contributed by atoms with Crippen LogP contribution in [0, 0.1) is 5.41 Å². The highest BCUT2D eigenvalue weighted by Gasteiger charge is 2.08. The average Bonchev–Trinajstić information content (AvgIpc) is 1.59. The first-order valence-corrected chi connectivity index (χ1v) is 4.47. The van der Waals surface area contributed by atoms with Crippen LogP contribution in [0.2, 0.25) is 0 Å². The van der Waals surface area contributed by atoms with Gasteiger partial charge in [-0.15, -0.1) is 0 Å². The summed E-state index contributed by atoms with van der Waals surface area (Å²) in [5, 5.41) is 0. The van der Waals surface area contributed by atoms with Crippen molar-refractivity contribution in [2.75, 3.05) is 6.54 Å². The van der Waals surface area contributed by atoms with Gasteiger partial charge in [-0.25, -0.2) is 13.1 Å². The van der Waals surface area contributed by atoms with Gasteiger partial charge in [-0.1, -0.05) is 20.8 Å². The summed E-state index contributed by atoms with van der Waals surface area (Å²) in [5.41, 5.74) is 0.207. The quantitative estimate of drug-likeness (QED) is 0.599. The van der Waals surface area contributed by atoms with Gasteiger partial charge in [0, 0.05) is 6.54 Å². The van der Waals surface area contributed by atoms with Crippen LogP contribution in [0.25, 0.3) is 0 Å². The van der Waals surface area contributed by atoms with Gasteiger partial charge in [0.25, 0.3) is 0 Å². The van der Waals surface area contributed by atoms with Crippen molar-refractivity contribution in [1.82, 2.24) is 4.72 Å². The minimum Gasteiger partial charge on any atom is -0.218 e. The fourth-order valence-corrected chi connectivity index (χ4v) is 0.817. The van der Waals surface area contributed by atoms with Crippen LogP contribution in [0.1, 0.15) is 27.2 Å². The molecule has 0 radical (unpaired) electrons. The third-order valence-electron chi connectivity index (χ3n) is 1.12. The Kier molecular flexibility index (Phi) is 3.89. The van der Waals surface area contributed by atoms with Crippen molar-refractivity contribution in [3.8, 4) is 0 Å². The van der Waals surface area contributed by atoms with Crippen LogP contribution in [0.5, 0.6) is 0 Å². The first-order chi connectivity index (χ1) is 4.42. The maximum absolute atomic E-state index is 10.0. The first kappa shape index (κ1) is 9.91. The molecule has 1 N–H and O–H groups in total. The lowest BCUT2D eigenvalue weighted by molar-refractivity contribution is 0.379. The van der Waals surface area contributed by atoms with E-state index >= 15 is 0 Å². The Bertz CT molecular complexity index is 150. The lowest BCUT2D eigenvalue weighted by Gasteiger charge is -2.16. The molecule has 62 valence electrons. The Labute approximate surface area is 63.9 Å². The Morgan fingerprint density at radius 3 is 2.10 bits per heavy atom. The van der Waals surface area contributed by atoms with Gasteiger partial charge >= 0.3 is 0 Å². The van der Waals surface area contributed by atoms with Gasteiger partial charge in [-0.05, 0) is 11.8 Å². The van der Waals surface area contributed by atoms with E-state index in [1.807, 2.05) is 0 Å². The molecule has 0 aliphatic carbocycles. The van der Waals surface area contributed by atoms with Crippen LogP contribution in [0.3, 0.4) is 0 Å². The minimum absolute atomic E-state index is 0.207. The molecule has 0 atom stereocenters. The third-order valence-corrected chi connectivity index (χ3v) is 1.60. The first-order valence-electron chi connectivity index (χ1n) is 3.30. The Hall–Kier alpha value is -0.0900. The molecule has 0 saturated carbocycles. The smallest absolute Gasteiger partial charge is 0.201 e. The maximum atomic E-state index is 10.0. The lowest BCUT2D eigenvalue weighted by Crippen LogP contribution is -2.18.